The topological polar surface area (TPSA) is 64.4 Å². The number of aromatic nitrogens is 2. The van der Waals surface area contributed by atoms with Crippen molar-refractivity contribution in [3.05, 3.63) is 70.1 Å². The lowest BCUT2D eigenvalue weighted by Crippen LogP contribution is -2.29. The van der Waals surface area contributed by atoms with E-state index in [4.69, 9.17) is 0 Å². The summed E-state index contributed by atoms with van der Waals surface area (Å²) in [5.74, 6) is -0.562. The molecule has 0 bridgehead atoms. The Kier molecular flexibility index (Phi) is 5.58. The lowest BCUT2D eigenvalue weighted by molar-refractivity contribution is -0.274. The number of benzene rings is 2. The molecular weight excluding hydrogens is 387 g/mol. The summed E-state index contributed by atoms with van der Waals surface area (Å²) in [4.78, 5) is 26.3. The summed E-state index contributed by atoms with van der Waals surface area (Å²) in [6.45, 7) is 0.203. The number of aryl methyl sites for hydroxylation is 1. The van der Waals surface area contributed by atoms with E-state index in [1.54, 1.807) is 31.3 Å². The summed E-state index contributed by atoms with van der Waals surface area (Å²) in [5, 5.41) is 5.31. The first-order valence-electron chi connectivity index (χ1n) is 8.67. The van der Waals surface area contributed by atoms with E-state index in [2.05, 4.69) is 9.84 Å². The normalized spacial score (nSPS) is 11.5. The van der Waals surface area contributed by atoms with Crippen molar-refractivity contribution in [3.63, 3.8) is 0 Å². The molecule has 0 unspecified atom stereocenters. The van der Waals surface area contributed by atoms with Gasteiger partial charge in [-0.2, -0.15) is 5.10 Å². The van der Waals surface area contributed by atoms with Crippen molar-refractivity contribution < 1.29 is 22.7 Å². The molecule has 0 atom stereocenters. The number of carbonyl (C=O) groups excluding carboxylic acids is 1. The van der Waals surface area contributed by atoms with Gasteiger partial charge in [0.1, 0.15) is 5.75 Å². The maximum Gasteiger partial charge on any atom is 0.573 e. The van der Waals surface area contributed by atoms with E-state index in [-0.39, 0.29) is 30.2 Å². The summed E-state index contributed by atoms with van der Waals surface area (Å²) in [7, 11) is 3.11. The van der Waals surface area contributed by atoms with Crippen LogP contribution in [0.25, 0.3) is 10.8 Å². The Labute approximate surface area is 164 Å². The Balaban J connectivity index is 1.72. The quantitative estimate of drug-likeness (QED) is 0.655. The highest BCUT2D eigenvalue weighted by atomic mass is 19.4. The molecule has 0 aliphatic heterocycles. The van der Waals surface area contributed by atoms with Crippen LogP contribution in [0, 0.1) is 0 Å². The average molecular weight is 405 g/mol. The van der Waals surface area contributed by atoms with Gasteiger partial charge < -0.3 is 9.64 Å². The van der Waals surface area contributed by atoms with E-state index in [0.29, 0.717) is 22.0 Å². The third-order valence-electron chi connectivity index (χ3n) is 4.35. The minimum Gasteiger partial charge on any atom is -0.406 e. The minimum absolute atomic E-state index is 0.0135. The number of hydrogen-bond acceptors (Lipinski definition) is 4. The van der Waals surface area contributed by atoms with Crippen LogP contribution >= 0.6 is 0 Å². The Hall–Kier alpha value is -3.36. The van der Waals surface area contributed by atoms with Gasteiger partial charge in [0.2, 0.25) is 5.91 Å². The Morgan fingerprint density at radius 2 is 1.72 bits per heavy atom. The fourth-order valence-corrected chi connectivity index (χ4v) is 2.94. The number of hydrogen-bond donors (Lipinski definition) is 0. The summed E-state index contributed by atoms with van der Waals surface area (Å²) in [6, 6.07) is 12.3. The highest BCUT2D eigenvalue weighted by Crippen LogP contribution is 2.23. The molecule has 1 amide bonds. The molecule has 0 aliphatic rings. The second kappa shape index (κ2) is 7.94. The molecule has 0 radical (unpaired) electrons. The summed E-state index contributed by atoms with van der Waals surface area (Å²) < 4.78 is 41.7. The molecule has 3 rings (SSSR count). The van der Waals surface area contributed by atoms with Gasteiger partial charge in [-0.05, 0) is 23.8 Å². The fourth-order valence-electron chi connectivity index (χ4n) is 2.94. The number of halogens is 3. The van der Waals surface area contributed by atoms with Crippen molar-refractivity contribution in [1.29, 1.82) is 0 Å². The predicted octanol–water partition coefficient (Wildman–Crippen LogP) is 3.03. The number of nitrogens with zero attached hydrogens (tertiary/aromatic N) is 3. The lowest BCUT2D eigenvalue weighted by atomic mass is 10.1. The number of amides is 1. The predicted molar refractivity (Wildman–Crippen MR) is 100 cm³/mol. The van der Waals surface area contributed by atoms with Crippen molar-refractivity contribution in [2.45, 2.75) is 19.3 Å². The Morgan fingerprint density at radius 3 is 2.34 bits per heavy atom. The molecule has 3 aromatic rings. The van der Waals surface area contributed by atoms with Crippen molar-refractivity contribution in [2.24, 2.45) is 7.05 Å². The van der Waals surface area contributed by atoms with Crippen LogP contribution in [0.15, 0.2) is 53.3 Å². The molecular formula is C20H18F3N3O3. The second-order valence-corrected chi connectivity index (χ2v) is 6.54. The van der Waals surface area contributed by atoms with E-state index in [1.165, 1.54) is 40.9 Å². The van der Waals surface area contributed by atoms with Gasteiger partial charge in [0.25, 0.3) is 5.56 Å². The molecule has 6 nitrogen and oxygen atoms in total. The van der Waals surface area contributed by atoms with Gasteiger partial charge in [0.05, 0.1) is 17.5 Å². The minimum atomic E-state index is -4.75. The van der Waals surface area contributed by atoms with Gasteiger partial charge >= 0.3 is 6.36 Å². The van der Waals surface area contributed by atoms with E-state index >= 15 is 0 Å². The van der Waals surface area contributed by atoms with Crippen molar-refractivity contribution in [3.8, 4) is 5.75 Å². The van der Waals surface area contributed by atoms with Gasteiger partial charge in [-0.1, -0.05) is 30.3 Å². The average Bonchev–Trinajstić information content (AvgIpc) is 2.66. The summed E-state index contributed by atoms with van der Waals surface area (Å²) in [6.07, 6.45) is -4.76. The molecule has 1 heterocycles. The van der Waals surface area contributed by atoms with Crippen LogP contribution in [0.5, 0.6) is 5.75 Å². The number of alkyl halides is 3. The van der Waals surface area contributed by atoms with E-state index in [0.717, 1.165) is 0 Å². The van der Waals surface area contributed by atoms with Gasteiger partial charge in [-0.3, -0.25) is 9.59 Å². The number of likely N-dealkylation sites (N-methyl/N-ethyl adjacent to an activating group) is 1. The van der Waals surface area contributed by atoms with E-state index in [9.17, 15) is 22.8 Å². The van der Waals surface area contributed by atoms with Gasteiger partial charge in [-0.15, -0.1) is 13.2 Å². The standard InChI is InChI=1S/C20H18F3N3O3/c1-25(12-13-7-9-14(10-8-13)29-20(21,22)23)18(27)11-17-15-5-3-4-6-16(15)19(28)26(2)24-17/h3-10H,11-12H2,1-2H3. The first kappa shape index (κ1) is 20.4. The monoisotopic (exact) mass is 405 g/mol. The molecule has 1 aromatic heterocycles. The zero-order valence-electron chi connectivity index (χ0n) is 15.7. The lowest BCUT2D eigenvalue weighted by Gasteiger charge is -2.18. The van der Waals surface area contributed by atoms with Crippen LogP contribution in [-0.2, 0) is 24.8 Å². The fraction of sp³-hybridized carbons (Fsp3) is 0.250. The van der Waals surface area contributed by atoms with E-state index < -0.39 is 6.36 Å². The first-order chi connectivity index (χ1) is 13.6. The smallest absolute Gasteiger partial charge is 0.406 e. The van der Waals surface area contributed by atoms with Crippen LogP contribution in [0.3, 0.4) is 0 Å². The van der Waals surface area contributed by atoms with Crippen LogP contribution < -0.4 is 10.3 Å². The molecule has 0 fully saturated rings. The van der Waals surface area contributed by atoms with Crippen molar-refractivity contribution >= 4 is 16.7 Å². The molecule has 29 heavy (non-hydrogen) atoms. The maximum absolute atomic E-state index is 12.6. The zero-order valence-corrected chi connectivity index (χ0v) is 15.7. The highest BCUT2D eigenvalue weighted by Gasteiger charge is 2.31. The van der Waals surface area contributed by atoms with E-state index in [1.807, 2.05) is 0 Å². The zero-order chi connectivity index (χ0) is 21.2. The SMILES string of the molecule is CN(Cc1ccc(OC(F)(F)F)cc1)C(=O)Cc1nn(C)c(=O)c2ccccc12. The Morgan fingerprint density at radius 1 is 1.10 bits per heavy atom. The van der Waals surface area contributed by atoms with Crippen LogP contribution in [0.1, 0.15) is 11.3 Å². The van der Waals surface area contributed by atoms with Crippen LogP contribution in [0.2, 0.25) is 0 Å². The molecule has 0 saturated carbocycles. The largest absolute Gasteiger partial charge is 0.573 e. The summed E-state index contributed by atoms with van der Waals surface area (Å²) >= 11 is 0. The number of fused-ring (bicyclic) bond motifs is 1. The number of carbonyl (C=O) groups is 1. The van der Waals surface area contributed by atoms with Crippen molar-refractivity contribution in [2.75, 3.05) is 7.05 Å². The van der Waals surface area contributed by atoms with Crippen LogP contribution in [0.4, 0.5) is 13.2 Å². The molecule has 152 valence electrons. The second-order valence-electron chi connectivity index (χ2n) is 6.54. The van der Waals surface area contributed by atoms with Gasteiger partial charge in [-0.25, -0.2) is 4.68 Å². The molecule has 0 spiro atoms. The maximum atomic E-state index is 12.6. The third-order valence-corrected chi connectivity index (χ3v) is 4.35. The highest BCUT2D eigenvalue weighted by molar-refractivity contribution is 5.88. The van der Waals surface area contributed by atoms with Crippen molar-refractivity contribution in [1.82, 2.24) is 14.7 Å². The first-order valence-corrected chi connectivity index (χ1v) is 8.67. The van der Waals surface area contributed by atoms with Gasteiger partial charge in [0, 0.05) is 26.0 Å². The molecule has 0 aliphatic carbocycles. The molecule has 2 aromatic carbocycles. The number of ether oxygens (including phenoxy) is 1. The molecule has 0 saturated heterocycles. The van der Waals surface area contributed by atoms with Gasteiger partial charge in [0.15, 0.2) is 0 Å². The molecule has 9 heteroatoms. The Bertz CT molecular complexity index is 1090. The number of rotatable bonds is 5. The molecule has 0 N–H and O–H groups in total. The summed E-state index contributed by atoms with van der Waals surface area (Å²) in [5.41, 5.74) is 0.883. The van der Waals surface area contributed by atoms with Crippen LogP contribution in [-0.4, -0.2) is 34.0 Å². The third kappa shape index (κ3) is 4.92.